The van der Waals surface area contributed by atoms with Crippen LogP contribution >= 0.6 is 12.4 Å². The van der Waals surface area contributed by atoms with Crippen molar-refractivity contribution in [2.24, 2.45) is 11.1 Å². The highest BCUT2D eigenvalue weighted by Gasteiger charge is 2.25. The van der Waals surface area contributed by atoms with Crippen molar-refractivity contribution < 1.29 is 14.0 Å². The van der Waals surface area contributed by atoms with Crippen LogP contribution in [0, 0.1) is 5.41 Å². The van der Waals surface area contributed by atoms with E-state index >= 15 is 0 Å². The first-order valence-electron chi connectivity index (χ1n) is 6.89. The first-order chi connectivity index (χ1) is 10.4. The number of nitrogens with one attached hydrogen (secondary N) is 2. The molecular formula is C16H20ClN3O3. The van der Waals surface area contributed by atoms with E-state index in [1.54, 1.807) is 50.2 Å². The number of nitrogens with two attached hydrogens (primary N) is 1. The standard InChI is InChI=1S/C16H19N3O3.ClH/c1-16(2,10-17)15(21)19-12-7-5-11(6-8-12)18-14(20)13-4-3-9-22-13;/h3-9H,10,17H2,1-2H3,(H,18,20)(H,19,21);1H. The fourth-order valence-corrected chi connectivity index (χ4v) is 1.63. The molecule has 2 rings (SSSR count). The van der Waals surface area contributed by atoms with Crippen LogP contribution in [-0.2, 0) is 4.79 Å². The first-order valence-corrected chi connectivity index (χ1v) is 6.89. The molecule has 0 radical (unpaired) electrons. The summed E-state index contributed by atoms with van der Waals surface area (Å²) in [6.45, 7) is 3.82. The lowest BCUT2D eigenvalue weighted by atomic mass is 9.92. The zero-order valence-electron chi connectivity index (χ0n) is 13.0. The summed E-state index contributed by atoms with van der Waals surface area (Å²) in [4.78, 5) is 23.8. The zero-order chi connectivity index (χ0) is 16.2. The highest BCUT2D eigenvalue weighted by Crippen LogP contribution is 2.19. The van der Waals surface area contributed by atoms with E-state index in [4.69, 9.17) is 10.2 Å². The normalized spacial score (nSPS) is 10.6. The van der Waals surface area contributed by atoms with Crippen molar-refractivity contribution in [1.82, 2.24) is 0 Å². The van der Waals surface area contributed by atoms with Crippen LogP contribution in [0.1, 0.15) is 24.4 Å². The molecule has 1 aromatic heterocycles. The Labute approximate surface area is 140 Å². The maximum atomic E-state index is 12.0. The fraction of sp³-hybridized carbons (Fsp3) is 0.250. The molecule has 7 heteroatoms. The van der Waals surface area contributed by atoms with Crippen molar-refractivity contribution in [1.29, 1.82) is 0 Å². The second-order valence-corrected chi connectivity index (χ2v) is 5.55. The SMILES string of the molecule is CC(C)(CN)C(=O)Nc1ccc(NC(=O)c2ccco2)cc1.Cl. The minimum absolute atomic E-state index is 0. The molecule has 1 aromatic carbocycles. The van der Waals surface area contributed by atoms with Crippen LogP contribution in [0.4, 0.5) is 11.4 Å². The van der Waals surface area contributed by atoms with Crippen molar-refractivity contribution in [3.8, 4) is 0 Å². The van der Waals surface area contributed by atoms with E-state index in [0.717, 1.165) is 0 Å². The summed E-state index contributed by atoms with van der Waals surface area (Å²) in [5.41, 5.74) is 6.19. The summed E-state index contributed by atoms with van der Waals surface area (Å²) >= 11 is 0. The molecule has 0 unspecified atom stereocenters. The van der Waals surface area contributed by atoms with Gasteiger partial charge in [-0.1, -0.05) is 0 Å². The smallest absolute Gasteiger partial charge is 0.291 e. The van der Waals surface area contributed by atoms with Gasteiger partial charge in [-0.05, 0) is 50.2 Å². The Bertz CT molecular complexity index is 652. The number of hydrogen-bond donors (Lipinski definition) is 3. The Morgan fingerprint density at radius 2 is 1.65 bits per heavy atom. The van der Waals surface area contributed by atoms with Crippen molar-refractivity contribution in [3.05, 3.63) is 48.4 Å². The quantitative estimate of drug-likeness (QED) is 0.781. The molecule has 2 amide bonds. The van der Waals surface area contributed by atoms with Crippen molar-refractivity contribution >= 4 is 35.6 Å². The largest absolute Gasteiger partial charge is 0.459 e. The van der Waals surface area contributed by atoms with E-state index in [0.29, 0.717) is 11.4 Å². The minimum Gasteiger partial charge on any atom is -0.459 e. The number of hydrogen-bond acceptors (Lipinski definition) is 4. The Hall–Kier alpha value is -2.31. The summed E-state index contributed by atoms with van der Waals surface area (Å²) in [6.07, 6.45) is 1.44. The van der Waals surface area contributed by atoms with Crippen molar-refractivity contribution in [3.63, 3.8) is 0 Å². The van der Waals surface area contributed by atoms with E-state index in [2.05, 4.69) is 10.6 Å². The van der Waals surface area contributed by atoms with Gasteiger partial charge in [0.2, 0.25) is 5.91 Å². The molecule has 2 aromatic rings. The lowest BCUT2D eigenvalue weighted by Gasteiger charge is -2.21. The molecule has 0 atom stereocenters. The third kappa shape index (κ3) is 4.84. The van der Waals surface area contributed by atoms with Gasteiger partial charge in [0.1, 0.15) is 0 Å². The maximum absolute atomic E-state index is 12.0. The molecule has 23 heavy (non-hydrogen) atoms. The van der Waals surface area contributed by atoms with Crippen LogP contribution < -0.4 is 16.4 Å². The lowest BCUT2D eigenvalue weighted by Crippen LogP contribution is -2.37. The Balaban J connectivity index is 0.00000264. The summed E-state index contributed by atoms with van der Waals surface area (Å²) in [7, 11) is 0. The van der Waals surface area contributed by atoms with Crippen LogP contribution in [0.25, 0.3) is 0 Å². The first kappa shape index (κ1) is 18.7. The molecule has 0 saturated heterocycles. The summed E-state index contributed by atoms with van der Waals surface area (Å²) in [6, 6.07) is 10.0. The topological polar surface area (TPSA) is 97.4 Å². The van der Waals surface area contributed by atoms with Crippen molar-refractivity contribution in [2.45, 2.75) is 13.8 Å². The number of furan rings is 1. The van der Waals surface area contributed by atoms with Gasteiger partial charge in [-0.2, -0.15) is 0 Å². The molecule has 124 valence electrons. The fourth-order valence-electron chi connectivity index (χ4n) is 1.63. The molecule has 4 N–H and O–H groups in total. The van der Waals surface area contributed by atoms with E-state index in [-0.39, 0.29) is 36.5 Å². The van der Waals surface area contributed by atoms with Crippen LogP contribution in [0.2, 0.25) is 0 Å². The van der Waals surface area contributed by atoms with Gasteiger partial charge >= 0.3 is 0 Å². The van der Waals surface area contributed by atoms with E-state index in [1.807, 2.05) is 0 Å². The molecule has 0 fully saturated rings. The molecule has 0 aliphatic heterocycles. The van der Waals surface area contributed by atoms with Gasteiger partial charge in [0.25, 0.3) is 5.91 Å². The summed E-state index contributed by atoms with van der Waals surface area (Å²) in [5, 5.41) is 5.49. The lowest BCUT2D eigenvalue weighted by molar-refractivity contribution is -0.123. The predicted octanol–water partition coefficient (Wildman–Crippen LogP) is 2.88. The Kier molecular flexibility index (Phi) is 6.36. The molecule has 6 nitrogen and oxygen atoms in total. The summed E-state index contributed by atoms with van der Waals surface area (Å²) in [5.74, 6) is -0.240. The average Bonchev–Trinajstić information content (AvgIpc) is 3.03. The minimum atomic E-state index is -0.633. The van der Waals surface area contributed by atoms with Gasteiger partial charge in [-0.25, -0.2) is 0 Å². The zero-order valence-corrected chi connectivity index (χ0v) is 13.8. The number of amides is 2. The van der Waals surface area contributed by atoms with Gasteiger partial charge in [0.15, 0.2) is 5.76 Å². The van der Waals surface area contributed by atoms with Gasteiger partial charge in [0.05, 0.1) is 11.7 Å². The number of anilines is 2. The van der Waals surface area contributed by atoms with Gasteiger partial charge in [0, 0.05) is 17.9 Å². The molecular weight excluding hydrogens is 318 g/mol. The molecule has 0 saturated carbocycles. The van der Waals surface area contributed by atoms with E-state index in [9.17, 15) is 9.59 Å². The van der Waals surface area contributed by atoms with Gasteiger partial charge in [-0.3, -0.25) is 9.59 Å². The number of carbonyl (C=O) groups is 2. The number of carbonyl (C=O) groups excluding carboxylic acids is 2. The monoisotopic (exact) mass is 337 g/mol. The second kappa shape index (κ2) is 7.80. The Morgan fingerprint density at radius 1 is 1.09 bits per heavy atom. The molecule has 0 aliphatic carbocycles. The number of halogens is 1. The highest BCUT2D eigenvalue weighted by atomic mass is 35.5. The maximum Gasteiger partial charge on any atom is 0.291 e. The second-order valence-electron chi connectivity index (χ2n) is 5.55. The van der Waals surface area contributed by atoms with Gasteiger partial charge < -0.3 is 20.8 Å². The average molecular weight is 338 g/mol. The van der Waals surface area contributed by atoms with Crippen LogP contribution in [0.3, 0.4) is 0 Å². The number of benzene rings is 1. The molecule has 0 bridgehead atoms. The number of rotatable bonds is 5. The molecule has 0 spiro atoms. The third-order valence-corrected chi connectivity index (χ3v) is 3.27. The summed E-state index contributed by atoms with van der Waals surface area (Å²) < 4.78 is 5.01. The molecule has 1 heterocycles. The van der Waals surface area contributed by atoms with Crippen LogP contribution in [0.5, 0.6) is 0 Å². The van der Waals surface area contributed by atoms with E-state index in [1.165, 1.54) is 6.26 Å². The van der Waals surface area contributed by atoms with Crippen molar-refractivity contribution in [2.75, 3.05) is 17.2 Å². The van der Waals surface area contributed by atoms with Crippen LogP contribution in [-0.4, -0.2) is 18.4 Å². The third-order valence-electron chi connectivity index (χ3n) is 3.27. The van der Waals surface area contributed by atoms with Gasteiger partial charge in [-0.15, -0.1) is 12.4 Å². The van der Waals surface area contributed by atoms with E-state index < -0.39 is 5.41 Å². The Morgan fingerprint density at radius 3 is 2.13 bits per heavy atom. The highest BCUT2D eigenvalue weighted by molar-refractivity contribution is 6.02. The van der Waals surface area contributed by atoms with Crippen LogP contribution in [0.15, 0.2) is 47.1 Å². The predicted molar refractivity (Wildman–Crippen MR) is 91.8 cm³/mol. The molecule has 0 aliphatic rings.